The summed E-state index contributed by atoms with van der Waals surface area (Å²) in [5, 5.41) is 10.5. The van der Waals surface area contributed by atoms with Gasteiger partial charge in [0.05, 0.1) is 37.2 Å². The van der Waals surface area contributed by atoms with Crippen LogP contribution in [0.3, 0.4) is 0 Å². The summed E-state index contributed by atoms with van der Waals surface area (Å²) in [5.41, 5.74) is -0.735. The molecule has 3 aliphatic rings. The molecule has 196 valence electrons. The van der Waals surface area contributed by atoms with E-state index in [1.165, 1.54) is 4.90 Å². The first-order valence-electron chi connectivity index (χ1n) is 12.8. The number of likely N-dealkylation sites (tertiary alicyclic amines) is 1. The molecule has 6 atom stereocenters. The van der Waals surface area contributed by atoms with Crippen LogP contribution in [0.1, 0.15) is 46.1 Å². The molecule has 1 N–H and O–H groups in total. The molecule has 2 amide bonds. The third kappa shape index (κ3) is 4.24. The summed E-state index contributed by atoms with van der Waals surface area (Å²) in [6, 6.07) is 7.96. The van der Waals surface area contributed by atoms with Gasteiger partial charge < -0.3 is 24.4 Å². The Balaban J connectivity index is 1.81. The summed E-state index contributed by atoms with van der Waals surface area (Å²) in [4.78, 5) is 44.7. The largest absolute Gasteiger partial charge is 0.466 e. The molecule has 8 heteroatoms. The van der Waals surface area contributed by atoms with Crippen molar-refractivity contribution in [1.29, 1.82) is 0 Å². The molecule has 1 aromatic carbocycles. The van der Waals surface area contributed by atoms with Crippen molar-refractivity contribution in [1.82, 2.24) is 9.80 Å². The van der Waals surface area contributed by atoms with E-state index in [2.05, 4.69) is 6.58 Å². The number of ether oxygens (including phenoxy) is 2. The van der Waals surface area contributed by atoms with E-state index < -0.39 is 47.1 Å². The van der Waals surface area contributed by atoms with Crippen molar-refractivity contribution in [3.8, 4) is 0 Å². The van der Waals surface area contributed by atoms with Gasteiger partial charge in [-0.3, -0.25) is 14.4 Å². The Morgan fingerprint density at radius 2 is 2.03 bits per heavy atom. The van der Waals surface area contributed by atoms with Gasteiger partial charge in [-0.2, -0.15) is 0 Å². The average molecular weight is 499 g/mol. The van der Waals surface area contributed by atoms with Gasteiger partial charge in [-0.1, -0.05) is 36.4 Å². The number of esters is 1. The first-order valence-corrected chi connectivity index (χ1v) is 12.8. The zero-order valence-corrected chi connectivity index (χ0v) is 21.7. The molecule has 1 aromatic rings. The van der Waals surface area contributed by atoms with E-state index in [-0.39, 0.29) is 25.0 Å². The van der Waals surface area contributed by atoms with Gasteiger partial charge in [-0.15, -0.1) is 6.58 Å². The molecule has 36 heavy (non-hydrogen) atoms. The van der Waals surface area contributed by atoms with Crippen LogP contribution in [0.5, 0.6) is 0 Å². The van der Waals surface area contributed by atoms with Crippen molar-refractivity contribution < 1.29 is 29.0 Å². The SMILES string of the molecule is C=CCN(C(=O)C1N([C@@H](CO)Cc2ccccc2)C(=O)[C@@H]2[C@@H](C(=O)OCC)[C@H]3CCC12O3)C(C)(C)C. The second kappa shape index (κ2) is 9.98. The number of carbonyl (C=O) groups excluding carboxylic acids is 3. The number of aliphatic hydroxyl groups excluding tert-OH is 1. The zero-order chi connectivity index (χ0) is 26.3. The summed E-state index contributed by atoms with van der Waals surface area (Å²) < 4.78 is 11.8. The predicted octanol–water partition coefficient (Wildman–Crippen LogP) is 2.34. The standard InChI is InChI=1S/C28H38N2O6/c1-6-15-29(27(3,4)5)25(33)23-28-14-13-20(36-28)21(26(34)35-7-2)22(28)24(32)30(23)19(17-31)16-18-11-9-8-10-12-18/h6,8-12,19-23,31H,1,7,13-17H2,2-5H3/t19-,20-,21+,22+,23?,28?/m1/s1. The summed E-state index contributed by atoms with van der Waals surface area (Å²) in [5.74, 6) is -2.62. The molecule has 4 rings (SSSR count). The van der Waals surface area contributed by atoms with E-state index in [9.17, 15) is 19.5 Å². The lowest BCUT2D eigenvalue weighted by Gasteiger charge is -2.43. The van der Waals surface area contributed by atoms with Crippen LogP contribution >= 0.6 is 0 Å². The van der Waals surface area contributed by atoms with E-state index in [1.807, 2.05) is 51.1 Å². The monoisotopic (exact) mass is 498 g/mol. The molecule has 1 spiro atoms. The fourth-order valence-corrected chi connectivity index (χ4v) is 6.38. The van der Waals surface area contributed by atoms with Crippen molar-refractivity contribution in [3.63, 3.8) is 0 Å². The molecule has 3 saturated heterocycles. The number of hydrogen-bond donors (Lipinski definition) is 1. The maximum atomic E-state index is 14.3. The number of hydrogen-bond acceptors (Lipinski definition) is 6. The molecule has 2 bridgehead atoms. The second-order valence-electron chi connectivity index (χ2n) is 11.0. The van der Waals surface area contributed by atoms with Crippen LogP contribution in [0.4, 0.5) is 0 Å². The highest BCUT2D eigenvalue weighted by molar-refractivity contribution is 5.98. The number of rotatable bonds is 9. The van der Waals surface area contributed by atoms with Gasteiger partial charge in [0.15, 0.2) is 0 Å². The molecule has 8 nitrogen and oxygen atoms in total. The molecule has 0 radical (unpaired) electrons. The van der Waals surface area contributed by atoms with Crippen LogP contribution in [0.2, 0.25) is 0 Å². The minimum atomic E-state index is -1.13. The number of benzene rings is 1. The van der Waals surface area contributed by atoms with Gasteiger partial charge in [0, 0.05) is 12.1 Å². The molecule has 2 unspecified atom stereocenters. The number of fused-ring (bicyclic) bond motifs is 1. The van der Waals surface area contributed by atoms with E-state index in [1.54, 1.807) is 17.9 Å². The normalized spacial score (nSPS) is 29.7. The lowest BCUT2D eigenvalue weighted by Crippen LogP contribution is -2.61. The van der Waals surface area contributed by atoms with E-state index in [4.69, 9.17) is 9.47 Å². The molecule has 3 heterocycles. The highest BCUT2D eigenvalue weighted by Crippen LogP contribution is 2.59. The minimum Gasteiger partial charge on any atom is -0.466 e. The molecule has 0 saturated carbocycles. The second-order valence-corrected chi connectivity index (χ2v) is 11.0. The van der Waals surface area contributed by atoms with Gasteiger partial charge >= 0.3 is 5.97 Å². The summed E-state index contributed by atoms with van der Waals surface area (Å²) in [6.07, 6.45) is 2.65. The molecular weight excluding hydrogens is 460 g/mol. The molecule has 3 fully saturated rings. The van der Waals surface area contributed by atoms with Crippen LogP contribution in [-0.2, 0) is 30.3 Å². The molecule has 0 aliphatic carbocycles. The third-order valence-electron chi connectivity index (χ3n) is 7.84. The van der Waals surface area contributed by atoms with Gasteiger partial charge in [0.2, 0.25) is 11.8 Å². The lowest BCUT2D eigenvalue weighted by atomic mass is 9.70. The van der Waals surface area contributed by atoms with Gasteiger partial charge in [0.1, 0.15) is 11.6 Å². The predicted molar refractivity (Wildman–Crippen MR) is 134 cm³/mol. The fourth-order valence-electron chi connectivity index (χ4n) is 6.38. The Bertz CT molecular complexity index is 1010. The van der Waals surface area contributed by atoms with Gasteiger partial charge in [-0.05, 0) is 52.5 Å². The molecule has 0 aromatic heterocycles. The van der Waals surface area contributed by atoms with Crippen molar-refractivity contribution in [2.24, 2.45) is 11.8 Å². The van der Waals surface area contributed by atoms with Gasteiger partial charge in [-0.25, -0.2) is 0 Å². The van der Waals surface area contributed by atoms with E-state index >= 15 is 0 Å². The van der Waals surface area contributed by atoms with Crippen molar-refractivity contribution in [3.05, 3.63) is 48.6 Å². The zero-order valence-electron chi connectivity index (χ0n) is 21.7. The minimum absolute atomic E-state index is 0.201. The average Bonchev–Trinajstić information content (AvgIpc) is 3.48. The van der Waals surface area contributed by atoms with Crippen molar-refractivity contribution >= 4 is 17.8 Å². The number of amides is 2. The van der Waals surface area contributed by atoms with Crippen LogP contribution in [-0.4, -0.2) is 81.8 Å². The van der Waals surface area contributed by atoms with Crippen LogP contribution in [0.25, 0.3) is 0 Å². The summed E-state index contributed by atoms with van der Waals surface area (Å²) >= 11 is 0. The number of carbonyl (C=O) groups is 3. The Morgan fingerprint density at radius 1 is 1.33 bits per heavy atom. The summed E-state index contributed by atoms with van der Waals surface area (Å²) in [6.45, 7) is 11.5. The molecule has 3 aliphatic heterocycles. The number of aliphatic hydroxyl groups is 1. The quantitative estimate of drug-likeness (QED) is 0.415. The Labute approximate surface area is 213 Å². The maximum absolute atomic E-state index is 14.3. The molecular formula is C28H38N2O6. The fraction of sp³-hybridized carbons (Fsp3) is 0.607. The first-order chi connectivity index (χ1) is 17.1. The van der Waals surface area contributed by atoms with Crippen molar-refractivity contribution in [2.45, 2.75) is 76.3 Å². The Kier molecular flexibility index (Phi) is 7.30. The van der Waals surface area contributed by atoms with E-state index in [0.717, 1.165) is 5.56 Å². The third-order valence-corrected chi connectivity index (χ3v) is 7.84. The van der Waals surface area contributed by atoms with Gasteiger partial charge in [0.25, 0.3) is 0 Å². The smallest absolute Gasteiger partial charge is 0.312 e. The van der Waals surface area contributed by atoms with Crippen LogP contribution in [0.15, 0.2) is 43.0 Å². The number of nitrogens with zero attached hydrogens (tertiary/aromatic N) is 2. The van der Waals surface area contributed by atoms with Crippen LogP contribution < -0.4 is 0 Å². The Hall–Kier alpha value is -2.71. The van der Waals surface area contributed by atoms with E-state index in [0.29, 0.717) is 25.8 Å². The Morgan fingerprint density at radius 3 is 2.61 bits per heavy atom. The van der Waals surface area contributed by atoms with Crippen molar-refractivity contribution in [2.75, 3.05) is 19.8 Å². The topological polar surface area (TPSA) is 96.4 Å². The lowest BCUT2D eigenvalue weighted by molar-refractivity contribution is -0.157. The van der Waals surface area contributed by atoms with Crippen LogP contribution in [0, 0.1) is 11.8 Å². The highest BCUT2D eigenvalue weighted by atomic mass is 16.6. The maximum Gasteiger partial charge on any atom is 0.312 e. The summed E-state index contributed by atoms with van der Waals surface area (Å²) in [7, 11) is 0. The highest BCUT2D eigenvalue weighted by Gasteiger charge is 2.75. The first kappa shape index (κ1) is 26.4.